The predicted octanol–water partition coefficient (Wildman–Crippen LogP) is 3.80. The fourth-order valence-electron chi connectivity index (χ4n) is 4.33. The lowest BCUT2D eigenvalue weighted by molar-refractivity contribution is 0.0493. The van der Waals surface area contributed by atoms with Crippen LogP contribution in [0, 0.1) is 13.8 Å². The fraction of sp³-hybridized carbons (Fsp3) is 0.500. The molecule has 0 radical (unpaired) electrons. The van der Waals surface area contributed by atoms with E-state index in [-0.39, 0.29) is 0 Å². The molecule has 3 heterocycles. The van der Waals surface area contributed by atoms with Gasteiger partial charge in [-0.15, -0.1) is 10.2 Å². The molecule has 2 aromatic heterocycles. The second kappa shape index (κ2) is 7.17. The van der Waals surface area contributed by atoms with E-state index in [1.54, 1.807) is 4.52 Å². The Hall–Kier alpha value is -2.47. The first kappa shape index (κ1) is 17.6. The van der Waals surface area contributed by atoms with Crippen molar-refractivity contribution in [1.82, 2.24) is 24.7 Å². The first-order chi connectivity index (χ1) is 13.7. The number of aromatic nitrogens is 4. The zero-order chi connectivity index (χ0) is 19.1. The van der Waals surface area contributed by atoms with Gasteiger partial charge in [0.2, 0.25) is 0 Å². The molecule has 2 aliphatic rings. The van der Waals surface area contributed by atoms with Gasteiger partial charge in [-0.3, -0.25) is 0 Å². The minimum atomic E-state index is 0.334. The summed E-state index contributed by atoms with van der Waals surface area (Å²) in [5.41, 5.74) is 3.95. The second-order valence-electron chi connectivity index (χ2n) is 8.12. The van der Waals surface area contributed by atoms with Gasteiger partial charge in [0.15, 0.2) is 11.5 Å². The molecule has 1 aromatic carbocycles. The molecular formula is C22H27N5O. The summed E-state index contributed by atoms with van der Waals surface area (Å²) in [5.74, 6) is 1.76. The molecule has 1 aliphatic heterocycles. The maximum Gasteiger partial charge on any atom is 0.178 e. The van der Waals surface area contributed by atoms with Gasteiger partial charge in [0.05, 0.1) is 5.69 Å². The molecule has 1 saturated heterocycles. The molecule has 3 aromatic rings. The number of nitrogens with zero attached hydrogens (tertiary/aromatic N) is 5. The zero-order valence-electron chi connectivity index (χ0n) is 16.6. The van der Waals surface area contributed by atoms with Crippen molar-refractivity contribution in [1.29, 1.82) is 0 Å². The average molecular weight is 377 g/mol. The summed E-state index contributed by atoms with van der Waals surface area (Å²) >= 11 is 0. The van der Waals surface area contributed by atoms with Crippen molar-refractivity contribution < 1.29 is 4.74 Å². The summed E-state index contributed by atoms with van der Waals surface area (Å²) in [6.45, 7) is 6.29. The molecule has 28 heavy (non-hydrogen) atoms. The summed E-state index contributed by atoms with van der Waals surface area (Å²) < 4.78 is 8.04. The number of aryl methyl sites for hydroxylation is 2. The maximum absolute atomic E-state index is 6.26. The van der Waals surface area contributed by atoms with E-state index in [0.717, 1.165) is 52.9 Å². The Morgan fingerprint density at radius 2 is 1.71 bits per heavy atom. The number of likely N-dealkylation sites (tertiary alicyclic amines) is 1. The molecule has 5 rings (SSSR count). The first-order valence-corrected chi connectivity index (χ1v) is 10.4. The lowest BCUT2D eigenvalue weighted by atomic mass is 9.90. The van der Waals surface area contributed by atoms with E-state index in [0.29, 0.717) is 6.10 Å². The normalized spacial score (nSPS) is 19.1. The van der Waals surface area contributed by atoms with Gasteiger partial charge in [0.25, 0.3) is 0 Å². The molecule has 1 aliphatic carbocycles. The second-order valence-corrected chi connectivity index (χ2v) is 8.12. The van der Waals surface area contributed by atoms with Crippen LogP contribution in [0.3, 0.4) is 0 Å². The van der Waals surface area contributed by atoms with E-state index in [1.807, 2.05) is 19.9 Å². The highest BCUT2D eigenvalue weighted by Gasteiger charge is 2.29. The molecule has 0 unspecified atom stereocenters. The van der Waals surface area contributed by atoms with E-state index in [9.17, 15) is 0 Å². The van der Waals surface area contributed by atoms with Crippen LogP contribution in [-0.2, 0) is 0 Å². The van der Waals surface area contributed by atoms with E-state index >= 15 is 0 Å². The van der Waals surface area contributed by atoms with E-state index in [2.05, 4.69) is 44.5 Å². The molecule has 2 fully saturated rings. The van der Waals surface area contributed by atoms with Gasteiger partial charge in [-0.05, 0) is 63.3 Å². The van der Waals surface area contributed by atoms with Crippen molar-refractivity contribution in [2.75, 3.05) is 13.1 Å². The Balaban J connectivity index is 1.26. The lowest BCUT2D eigenvalue weighted by Gasteiger charge is -2.41. The third-order valence-electron chi connectivity index (χ3n) is 6.27. The highest BCUT2D eigenvalue weighted by atomic mass is 16.5. The third-order valence-corrected chi connectivity index (χ3v) is 6.27. The summed E-state index contributed by atoms with van der Waals surface area (Å²) in [6.07, 6.45) is 6.78. The van der Waals surface area contributed by atoms with Crippen molar-refractivity contribution in [2.24, 2.45) is 0 Å². The standard InChI is InChI=1S/C22H27N5O/c1-15-21(14-22-24-23-16(2)27(22)25-15)17-6-8-19(9-7-17)28-20-10-12-26(13-11-20)18-4-3-5-18/h6-9,14,18,20H,3-5,10-13H2,1-2H3. The fourth-order valence-corrected chi connectivity index (χ4v) is 4.33. The van der Waals surface area contributed by atoms with Crippen molar-refractivity contribution in [3.8, 4) is 16.9 Å². The topological polar surface area (TPSA) is 55.6 Å². The molecule has 1 saturated carbocycles. The Morgan fingerprint density at radius 3 is 2.39 bits per heavy atom. The minimum absolute atomic E-state index is 0.334. The summed E-state index contributed by atoms with van der Waals surface area (Å²) in [6, 6.07) is 11.3. The van der Waals surface area contributed by atoms with Crippen LogP contribution in [-0.4, -0.2) is 49.9 Å². The van der Waals surface area contributed by atoms with Crippen LogP contribution in [0.4, 0.5) is 0 Å². The Labute approximate surface area is 165 Å². The van der Waals surface area contributed by atoms with Crippen molar-refractivity contribution in [2.45, 2.75) is 58.1 Å². The lowest BCUT2D eigenvalue weighted by Crippen LogP contribution is -2.46. The van der Waals surface area contributed by atoms with E-state index < -0.39 is 0 Å². The monoisotopic (exact) mass is 377 g/mol. The van der Waals surface area contributed by atoms with Crippen LogP contribution in [0.15, 0.2) is 30.3 Å². The van der Waals surface area contributed by atoms with Crippen molar-refractivity contribution >= 4 is 5.65 Å². The van der Waals surface area contributed by atoms with Crippen LogP contribution in [0.5, 0.6) is 5.75 Å². The van der Waals surface area contributed by atoms with Crippen LogP contribution in [0.2, 0.25) is 0 Å². The molecule has 0 spiro atoms. The van der Waals surface area contributed by atoms with Gasteiger partial charge in [-0.1, -0.05) is 18.6 Å². The van der Waals surface area contributed by atoms with Gasteiger partial charge in [0, 0.05) is 24.7 Å². The van der Waals surface area contributed by atoms with Gasteiger partial charge in [0.1, 0.15) is 11.9 Å². The molecule has 0 amide bonds. The van der Waals surface area contributed by atoms with Crippen LogP contribution in [0.25, 0.3) is 16.8 Å². The van der Waals surface area contributed by atoms with Gasteiger partial charge in [-0.25, -0.2) is 0 Å². The summed E-state index contributed by atoms with van der Waals surface area (Å²) in [7, 11) is 0. The molecular weight excluding hydrogens is 350 g/mol. The van der Waals surface area contributed by atoms with E-state index in [1.165, 1.54) is 32.4 Å². The average Bonchev–Trinajstić information content (AvgIpc) is 3.02. The summed E-state index contributed by atoms with van der Waals surface area (Å²) in [5, 5.41) is 12.9. The van der Waals surface area contributed by atoms with Gasteiger partial charge < -0.3 is 9.64 Å². The zero-order valence-corrected chi connectivity index (χ0v) is 16.6. The van der Waals surface area contributed by atoms with Crippen molar-refractivity contribution in [3.63, 3.8) is 0 Å². The number of hydrogen-bond donors (Lipinski definition) is 0. The van der Waals surface area contributed by atoms with Gasteiger partial charge >= 0.3 is 0 Å². The Morgan fingerprint density at radius 1 is 0.964 bits per heavy atom. The molecule has 6 heteroatoms. The molecule has 0 bridgehead atoms. The maximum atomic E-state index is 6.26. The largest absolute Gasteiger partial charge is 0.490 e. The number of hydrogen-bond acceptors (Lipinski definition) is 5. The molecule has 0 atom stereocenters. The number of ether oxygens (including phenoxy) is 1. The number of fused-ring (bicyclic) bond motifs is 1. The van der Waals surface area contributed by atoms with Crippen LogP contribution >= 0.6 is 0 Å². The predicted molar refractivity (Wildman–Crippen MR) is 109 cm³/mol. The van der Waals surface area contributed by atoms with Crippen LogP contribution < -0.4 is 4.74 Å². The number of piperidine rings is 1. The third kappa shape index (κ3) is 3.26. The minimum Gasteiger partial charge on any atom is -0.490 e. The van der Waals surface area contributed by atoms with Crippen molar-refractivity contribution in [3.05, 3.63) is 41.9 Å². The molecule has 0 N–H and O–H groups in total. The summed E-state index contributed by atoms with van der Waals surface area (Å²) in [4.78, 5) is 2.66. The SMILES string of the molecule is Cc1nn2c(C)nnc2cc1-c1ccc(OC2CCN(C3CCC3)CC2)cc1. The Kier molecular flexibility index (Phi) is 4.51. The highest BCUT2D eigenvalue weighted by molar-refractivity contribution is 5.69. The molecule has 6 nitrogen and oxygen atoms in total. The smallest absolute Gasteiger partial charge is 0.178 e. The first-order valence-electron chi connectivity index (χ1n) is 10.4. The van der Waals surface area contributed by atoms with Gasteiger partial charge in [-0.2, -0.15) is 9.61 Å². The quantitative estimate of drug-likeness (QED) is 0.692. The number of rotatable bonds is 4. The molecule has 146 valence electrons. The highest BCUT2D eigenvalue weighted by Crippen LogP contribution is 2.30. The van der Waals surface area contributed by atoms with E-state index in [4.69, 9.17) is 4.74 Å². The Bertz CT molecular complexity index is 969. The number of benzene rings is 1. The van der Waals surface area contributed by atoms with Crippen LogP contribution in [0.1, 0.15) is 43.6 Å².